The lowest BCUT2D eigenvalue weighted by Gasteiger charge is -2.25. The molecule has 0 atom stereocenters. The van der Waals surface area contributed by atoms with Gasteiger partial charge < -0.3 is 15.2 Å². The zero-order valence-corrected chi connectivity index (χ0v) is 16.2. The molecule has 2 N–H and O–H groups in total. The Balaban J connectivity index is 1.61. The summed E-state index contributed by atoms with van der Waals surface area (Å²) in [4.78, 5) is 21.5. The number of carbonyl (C=O) groups is 1. The average molecular weight is 399 g/mol. The topological polar surface area (TPSA) is 61.0 Å². The Hall–Kier alpha value is -2.86. The summed E-state index contributed by atoms with van der Waals surface area (Å²) < 4.78 is 13.4. The third-order valence-electron chi connectivity index (χ3n) is 4.94. The summed E-state index contributed by atoms with van der Waals surface area (Å²) in [6.45, 7) is 3.23. The highest BCUT2D eigenvalue weighted by molar-refractivity contribution is 6.31. The number of aromatic nitrogens is 2. The zero-order valence-electron chi connectivity index (χ0n) is 15.4. The molecular weight excluding hydrogens is 379 g/mol. The van der Waals surface area contributed by atoms with E-state index in [9.17, 15) is 9.18 Å². The van der Waals surface area contributed by atoms with E-state index in [0.717, 1.165) is 35.4 Å². The monoisotopic (exact) mass is 398 g/mol. The van der Waals surface area contributed by atoms with Gasteiger partial charge in [-0.15, -0.1) is 0 Å². The number of amides is 1. The van der Waals surface area contributed by atoms with Gasteiger partial charge in [-0.05, 0) is 42.3 Å². The Morgan fingerprint density at radius 3 is 2.93 bits per heavy atom. The van der Waals surface area contributed by atoms with E-state index in [1.54, 1.807) is 18.3 Å². The summed E-state index contributed by atoms with van der Waals surface area (Å²) in [6.07, 6.45) is 5.14. The van der Waals surface area contributed by atoms with Crippen LogP contribution in [0.1, 0.15) is 25.5 Å². The molecule has 0 unspecified atom stereocenters. The molecule has 28 heavy (non-hydrogen) atoms. The number of aromatic amines is 1. The first kappa shape index (κ1) is 18.5. The van der Waals surface area contributed by atoms with Crippen molar-refractivity contribution in [3.63, 3.8) is 0 Å². The number of hydrogen-bond donors (Lipinski definition) is 2. The Kier molecular flexibility index (Phi) is 5.05. The Morgan fingerprint density at radius 1 is 1.36 bits per heavy atom. The highest BCUT2D eigenvalue weighted by atomic mass is 35.5. The molecule has 1 aromatic carbocycles. The van der Waals surface area contributed by atoms with E-state index in [1.165, 1.54) is 11.6 Å². The second-order valence-electron chi connectivity index (χ2n) is 6.73. The van der Waals surface area contributed by atoms with Crippen molar-refractivity contribution in [2.45, 2.75) is 19.8 Å². The van der Waals surface area contributed by atoms with Crippen LogP contribution in [0.15, 0.2) is 42.6 Å². The van der Waals surface area contributed by atoms with Crippen molar-refractivity contribution in [1.29, 1.82) is 0 Å². The van der Waals surface area contributed by atoms with Crippen molar-refractivity contribution in [2.24, 2.45) is 0 Å². The van der Waals surface area contributed by atoms with Gasteiger partial charge in [-0.25, -0.2) is 9.37 Å². The molecule has 2 aromatic heterocycles. The number of hydrogen-bond acceptors (Lipinski definition) is 3. The van der Waals surface area contributed by atoms with E-state index in [0.29, 0.717) is 18.7 Å². The quantitative estimate of drug-likeness (QED) is 0.640. The number of rotatable bonds is 4. The lowest BCUT2D eigenvalue weighted by Crippen LogP contribution is -2.34. The van der Waals surface area contributed by atoms with Crippen LogP contribution in [0.2, 0.25) is 5.02 Å². The molecule has 4 rings (SSSR count). The highest BCUT2D eigenvalue weighted by Gasteiger charge is 2.18. The fraction of sp³-hybridized carbons (Fsp3) is 0.238. The van der Waals surface area contributed by atoms with Crippen molar-refractivity contribution < 1.29 is 9.18 Å². The lowest BCUT2D eigenvalue weighted by atomic mass is 10.0. The van der Waals surface area contributed by atoms with Crippen LogP contribution in [-0.2, 0) is 4.79 Å². The molecule has 0 aliphatic carbocycles. The molecule has 144 valence electrons. The summed E-state index contributed by atoms with van der Waals surface area (Å²) >= 11 is 5.88. The molecule has 0 saturated carbocycles. The number of fused-ring (bicyclic) bond motifs is 1. The largest absolute Gasteiger partial charge is 0.355 e. The molecule has 0 bridgehead atoms. The molecule has 0 spiro atoms. The molecule has 7 heteroatoms. The molecule has 3 aromatic rings. The van der Waals surface area contributed by atoms with Crippen molar-refractivity contribution >= 4 is 45.5 Å². The summed E-state index contributed by atoms with van der Waals surface area (Å²) in [6, 6.07) is 8.46. The van der Waals surface area contributed by atoms with Crippen molar-refractivity contribution in [3.05, 3.63) is 59.1 Å². The SMILES string of the molecule is CCC(=O)N1CC=C(c2cc3c(Nc4ccc(F)c(Cl)c4)ccnc3[nH]2)CC1. The first-order valence-corrected chi connectivity index (χ1v) is 9.60. The lowest BCUT2D eigenvalue weighted by molar-refractivity contribution is -0.130. The van der Waals surface area contributed by atoms with Crippen LogP contribution in [0.25, 0.3) is 16.6 Å². The van der Waals surface area contributed by atoms with Gasteiger partial charge in [0.2, 0.25) is 5.91 Å². The van der Waals surface area contributed by atoms with Crippen LogP contribution in [-0.4, -0.2) is 33.9 Å². The summed E-state index contributed by atoms with van der Waals surface area (Å²) in [5, 5.41) is 4.29. The Labute approximate surface area is 167 Å². The van der Waals surface area contributed by atoms with Crippen molar-refractivity contribution in [2.75, 3.05) is 18.4 Å². The van der Waals surface area contributed by atoms with Crippen LogP contribution >= 0.6 is 11.6 Å². The van der Waals surface area contributed by atoms with Gasteiger partial charge in [-0.1, -0.05) is 24.6 Å². The third kappa shape index (κ3) is 3.60. The molecule has 3 heterocycles. The minimum absolute atomic E-state index is 0.0728. The van der Waals surface area contributed by atoms with Gasteiger partial charge in [0, 0.05) is 42.5 Å². The fourth-order valence-electron chi connectivity index (χ4n) is 3.40. The van der Waals surface area contributed by atoms with Crippen LogP contribution in [0, 0.1) is 5.82 Å². The molecule has 1 amide bonds. The van der Waals surface area contributed by atoms with Crippen LogP contribution < -0.4 is 5.32 Å². The minimum Gasteiger partial charge on any atom is -0.355 e. The molecular formula is C21H20ClFN4O. The number of halogens is 2. The van der Waals surface area contributed by atoms with Gasteiger partial charge in [-0.2, -0.15) is 0 Å². The van der Waals surface area contributed by atoms with Gasteiger partial charge in [0.25, 0.3) is 0 Å². The number of benzene rings is 1. The summed E-state index contributed by atoms with van der Waals surface area (Å²) in [5.41, 5.74) is 4.49. The van der Waals surface area contributed by atoms with Gasteiger partial charge >= 0.3 is 0 Å². The standard InChI is InChI=1S/C21H20ClFN4O/c1-2-20(28)27-9-6-13(7-10-27)19-12-15-18(5-8-24-21(15)26-19)25-14-3-4-17(23)16(22)11-14/h3-6,8,11-12H,2,7,9-10H2,1H3,(H2,24,25,26). The molecule has 5 nitrogen and oxygen atoms in total. The first-order chi connectivity index (χ1) is 13.5. The second kappa shape index (κ2) is 7.64. The minimum atomic E-state index is -0.448. The molecule has 0 saturated heterocycles. The number of nitrogens with one attached hydrogen (secondary N) is 2. The molecule has 0 fully saturated rings. The maximum absolute atomic E-state index is 13.4. The van der Waals surface area contributed by atoms with E-state index in [2.05, 4.69) is 27.4 Å². The third-order valence-corrected chi connectivity index (χ3v) is 5.23. The highest BCUT2D eigenvalue weighted by Crippen LogP contribution is 2.31. The Bertz CT molecular complexity index is 1080. The second-order valence-corrected chi connectivity index (χ2v) is 7.14. The number of nitrogens with zero attached hydrogens (tertiary/aromatic N) is 2. The average Bonchev–Trinajstić information content (AvgIpc) is 3.16. The van der Waals surface area contributed by atoms with Crippen molar-refractivity contribution in [3.8, 4) is 0 Å². The number of pyridine rings is 1. The van der Waals surface area contributed by atoms with E-state index < -0.39 is 5.82 Å². The van der Waals surface area contributed by atoms with Gasteiger partial charge in [0.15, 0.2) is 0 Å². The predicted molar refractivity (Wildman–Crippen MR) is 110 cm³/mol. The van der Waals surface area contributed by atoms with E-state index >= 15 is 0 Å². The van der Waals surface area contributed by atoms with Gasteiger partial charge in [-0.3, -0.25) is 4.79 Å². The zero-order chi connectivity index (χ0) is 19.7. The number of carbonyl (C=O) groups excluding carboxylic acids is 1. The summed E-state index contributed by atoms with van der Waals surface area (Å²) in [7, 11) is 0. The van der Waals surface area contributed by atoms with E-state index in [4.69, 9.17) is 11.6 Å². The van der Waals surface area contributed by atoms with Crippen molar-refractivity contribution in [1.82, 2.24) is 14.9 Å². The number of anilines is 2. The summed E-state index contributed by atoms with van der Waals surface area (Å²) in [5.74, 6) is -0.270. The van der Waals surface area contributed by atoms with Gasteiger partial charge in [0.1, 0.15) is 11.5 Å². The van der Waals surface area contributed by atoms with E-state index in [1.807, 2.05) is 17.9 Å². The first-order valence-electron chi connectivity index (χ1n) is 9.22. The van der Waals surface area contributed by atoms with E-state index in [-0.39, 0.29) is 10.9 Å². The van der Waals surface area contributed by atoms with Crippen LogP contribution in [0.5, 0.6) is 0 Å². The Morgan fingerprint density at radius 2 is 2.21 bits per heavy atom. The van der Waals surface area contributed by atoms with Crippen LogP contribution in [0.3, 0.4) is 0 Å². The fourth-order valence-corrected chi connectivity index (χ4v) is 3.58. The molecule has 1 aliphatic heterocycles. The smallest absolute Gasteiger partial charge is 0.222 e. The molecule has 0 radical (unpaired) electrons. The van der Waals surface area contributed by atoms with Crippen LogP contribution in [0.4, 0.5) is 15.8 Å². The number of H-pyrrole nitrogens is 1. The van der Waals surface area contributed by atoms with Gasteiger partial charge in [0.05, 0.1) is 10.7 Å². The maximum Gasteiger partial charge on any atom is 0.222 e. The maximum atomic E-state index is 13.4. The molecule has 1 aliphatic rings. The predicted octanol–water partition coefficient (Wildman–Crippen LogP) is 5.12. The normalized spacial score (nSPS) is 14.2.